The number of carboxylic acid groups (broad SMARTS) is 1. The minimum absolute atomic E-state index is 0.0271. The van der Waals surface area contributed by atoms with Crippen LogP contribution in [0.1, 0.15) is 61.6 Å². The molecule has 16 nitrogen and oxygen atoms in total. The van der Waals surface area contributed by atoms with E-state index < -0.39 is 70.7 Å². The average molecular weight is 854 g/mol. The van der Waals surface area contributed by atoms with E-state index in [1.807, 2.05) is 54.6 Å². The maximum Gasteiger partial charge on any atom is 0.407 e. The SMILES string of the molecule is CS(=O)(=O)N[C@@H](CCCCNC(=O)OCc1ccccc1)C(=O)N[C@@H](Cc1ccc(O)cc1)[P@@](=O)(O)CC1(C(=O)N[C@@H](Cc2c[nH]c3ccccc23)C(=O)O)CCCC1. The number of unbranched alkanes of at least 4 members (excludes halogenated alkanes) is 1. The van der Waals surface area contributed by atoms with Crippen molar-refractivity contribution >= 4 is 52.2 Å². The number of alkyl carbamates (subject to hydrolysis) is 1. The number of amides is 3. The minimum Gasteiger partial charge on any atom is -0.508 e. The maximum atomic E-state index is 14.6. The monoisotopic (exact) mass is 853 g/mol. The van der Waals surface area contributed by atoms with Gasteiger partial charge in [0, 0.05) is 42.6 Å². The first kappa shape index (κ1) is 44.9. The molecule has 0 unspecified atom stereocenters. The van der Waals surface area contributed by atoms with Crippen LogP contribution in [-0.4, -0.2) is 89.2 Å². The molecule has 0 bridgehead atoms. The van der Waals surface area contributed by atoms with Gasteiger partial charge in [-0.15, -0.1) is 0 Å². The van der Waals surface area contributed by atoms with E-state index in [1.165, 1.54) is 24.3 Å². The number of hydrogen-bond donors (Lipinski definition) is 8. The Hall–Kier alpha value is -5.22. The van der Waals surface area contributed by atoms with Gasteiger partial charge in [0.1, 0.15) is 30.2 Å². The fraction of sp³-hybridized carbons (Fsp3) is 0.415. The van der Waals surface area contributed by atoms with Gasteiger partial charge in [0.05, 0.1) is 11.7 Å². The first-order chi connectivity index (χ1) is 28.0. The van der Waals surface area contributed by atoms with Crippen LogP contribution in [0.25, 0.3) is 10.9 Å². The van der Waals surface area contributed by atoms with Crippen LogP contribution in [0.3, 0.4) is 0 Å². The summed E-state index contributed by atoms with van der Waals surface area (Å²) in [5, 5.41) is 28.7. The molecule has 18 heteroatoms. The molecule has 5 rings (SSSR count). The number of carbonyl (C=O) groups excluding carboxylic acids is 3. The van der Waals surface area contributed by atoms with Crippen LogP contribution in [0.2, 0.25) is 0 Å². The van der Waals surface area contributed by atoms with E-state index in [4.69, 9.17) is 4.74 Å². The van der Waals surface area contributed by atoms with Gasteiger partial charge in [-0.1, -0.05) is 73.5 Å². The lowest BCUT2D eigenvalue weighted by atomic mass is 9.87. The van der Waals surface area contributed by atoms with Gasteiger partial charge in [-0.05, 0) is 67.0 Å². The summed E-state index contributed by atoms with van der Waals surface area (Å²) in [5.74, 6) is -4.39. The lowest BCUT2D eigenvalue weighted by Crippen LogP contribution is -2.52. The Labute approximate surface area is 343 Å². The van der Waals surface area contributed by atoms with Crippen molar-refractivity contribution in [2.75, 3.05) is 19.0 Å². The number of sulfonamides is 1. The number of para-hydroxylation sites is 1. The molecule has 59 heavy (non-hydrogen) atoms. The number of aromatic nitrogens is 1. The fourth-order valence-electron chi connectivity index (χ4n) is 7.44. The summed E-state index contributed by atoms with van der Waals surface area (Å²) in [6.07, 6.45) is 3.18. The topological polar surface area (TPSA) is 253 Å². The number of phenolic OH excluding ortho intramolecular Hbond substituents is 1. The number of aromatic hydroxyl groups is 1. The zero-order valence-electron chi connectivity index (χ0n) is 32.8. The van der Waals surface area contributed by atoms with Gasteiger partial charge in [-0.3, -0.25) is 14.2 Å². The standard InChI is InChI=1S/C41H52N5O11PS/c1-59(55,56)46-34(15-7-10-22-42-40(52)57-26-29-11-3-2-4-12-29)37(48)45-36(23-28-16-18-31(47)19-17-28)58(53,54)27-41(20-8-9-21-41)39(51)44-35(38(49)50)24-30-25-43-33-14-6-5-13-32(30)33/h2-6,11-14,16-19,25,34-36,43,46-47H,7-10,15,20-24,26-27H2,1H3,(H,42,52)(H,44,51)(H,45,48)(H,49,50)(H,53,54)/t34-,35-,36+/m0/s1. The van der Waals surface area contributed by atoms with Crippen LogP contribution in [0, 0.1) is 5.41 Å². The second-order valence-corrected chi connectivity index (χ2v) is 19.4. The summed E-state index contributed by atoms with van der Waals surface area (Å²) in [6.45, 7) is 0.249. The minimum atomic E-state index is -4.57. The highest BCUT2D eigenvalue weighted by Crippen LogP contribution is 2.55. The number of benzene rings is 3. The smallest absolute Gasteiger partial charge is 0.407 e. The number of fused-ring (bicyclic) bond motifs is 1. The number of phenols is 1. The Morgan fingerprint density at radius 2 is 1.56 bits per heavy atom. The van der Waals surface area contributed by atoms with E-state index in [9.17, 15) is 47.3 Å². The molecule has 318 valence electrons. The molecule has 1 aliphatic rings. The Bertz CT molecular complexity index is 2230. The van der Waals surface area contributed by atoms with E-state index >= 15 is 0 Å². The molecule has 4 atom stereocenters. The first-order valence-electron chi connectivity index (χ1n) is 19.4. The highest BCUT2D eigenvalue weighted by molar-refractivity contribution is 7.88. The molecule has 1 heterocycles. The van der Waals surface area contributed by atoms with Crippen LogP contribution in [0.5, 0.6) is 5.75 Å². The number of H-pyrrole nitrogens is 1. The van der Waals surface area contributed by atoms with Crippen molar-refractivity contribution < 1.29 is 52.0 Å². The Balaban J connectivity index is 1.29. The van der Waals surface area contributed by atoms with Gasteiger partial charge in [-0.25, -0.2) is 22.7 Å². The summed E-state index contributed by atoms with van der Waals surface area (Å²) < 4.78 is 46.9. The quantitative estimate of drug-likeness (QED) is 0.0428. The zero-order valence-corrected chi connectivity index (χ0v) is 34.5. The van der Waals surface area contributed by atoms with Crippen LogP contribution in [-0.2, 0) is 53.2 Å². The molecular formula is C41H52N5O11PS. The summed E-state index contributed by atoms with van der Waals surface area (Å²) >= 11 is 0. The summed E-state index contributed by atoms with van der Waals surface area (Å²) in [7, 11) is -8.52. The molecule has 8 N–H and O–H groups in total. The molecule has 1 aromatic heterocycles. The largest absolute Gasteiger partial charge is 0.508 e. The van der Waals surface area contributed by atoms with E-state index in [0.29, 0.717) is 30.4 Å². The Morgan fingerprint density at radius 1 is 0.881 bits per heavy atom. The van der Waals surface area contributed by atoms with Crippen LogP contribution < -0.4 is 20.7 Å². The molecule has 0 saturated heterocycles. The highest BCUT2D eigenvalue weighted by atomic mass is 32.2. The molecule has 4 aromatic rings. The Kier molecular flexibility index (Phi) is 15.3. The predicted molar refractivity (Wildman–Crippen MR) is 221 cm³/mol. The van der Waals surface area contributed by atoms with Crippen LogP contribution in [0.4, 0.5) is 4.79 Å². The number of aromatic amines is 1. The van der Waals surface area contributed by atoms with Gasteiger partial charge in [0.2, 0.25) is 29.2 Å². The molecule has 3 amide bonds. The third kappa shape index (κ3) is 13.1. The van der Waals surface area contributed by atoms with E-state index in [0.717, 1.165) is 22.7 Å². The van der Waals surface area contributed by atoms with Crippen molar-refractivity contribution in [1.29, 1.82) is 0 Å². The first-order valence-corrected chi connectivity index (χ1v) is 23.2. The molecule has 0 spiro atoms. The van der Waals surface area contributed by atoms with Crippen molar-refractivity contribution in [1.82, 2.24) is 25.7 Å². The summed E-state index contributed by atoms with van der Waals surface area (Å²) in [5.41, 5.74) is 1.32. The summed E-state index contributed by atoms with van der Waals surface area (Å²) in [6, 6.07) is 19.5. The third-order valence-corrected chi connectivity index (χ3v) is 13.6. The number of ether oxygens (including phenoxy) is 1. The predicted octanol–water partition coefficient (Wildman–Crippen LogP) is 4.52. The van der Waals surface area contributed by atoms with Gasteiger partial charge in [0.25, 0.3) is 0 Å². The van der Waals surface area contributed by atoms with Crippen molar-refractivity contribution in [3.8, 4) is 5.75 Å². The van der Waals surface area contributed by atoms with Crippen LogP contribution >= 0.6 is 7.37 Å². The number of rotatable bonds is 21. The lowest BCUT2D eigenvalue weighted by Gasteiger charge is -2.34. The lowest BCUT2D eigenvalue weighted by molar-refractivity contribution is -0.143. The number of aliphatic carboxylic acids is 1. The number of nitrogens with one attached hydrogen (secondary N) is 5. The number of carboxylic acids is 1. The van der Waals surface area contributed by atoms with Crippen molar-refractivity contribution in [3.63, 3.8) is 0 Å². The van der Waals surface area contributed by atoms with Crippen molar-refractivity contribution in [2.24, 2.45) is 5.41 Å². The van der Waals surface area contributed by atoms with Gasteiger partial charge >= 0.3 is 12.1 Å². The van der Waals surface area contributed by atoms with Gasteiger partial charge in [-0.2, -0.15) is 0 Å². The second kappa shape index (κ2) is 20.2. The maximum absolute atomic E-state index is 14.6. The second-order valence-electron chi connectivity index (χ2n) is 15.2. The van der Waals surface area contributed by atoms with E-state index in [2.05, 4.69) is 25.7 Å². The molecule has 1 fully saturated rings. The highest BCUT2D eigenvalue weighted by Gasteiger charge is 2.49. The summed E-state index contributed by atoms with van der Waals surface area (Å²) in [4.78, 5) is 67.7. The van der Waals surface area contributed by atoms with E-state index in [-0.39, 0.29) is 57.4 Å². The molecule has 1 aliphatic carbocycles. The average Bonchev–Trinajstić information content (AvgIpc) is 3.84. The zero-order chi connectivity index (χ0) is 42.6. The molecule has 0 radical (unpaired) electrons. The Morgan fingerprint density at radius 3 is 2.24 bits per heavy atom. The molecule has 0 aliphatic heterocycles. The number of carbonyl (C=O) groups is 4. The van der Waals surface area contributed by atoms with Crippen molar-refractivity contribution in [2.45, 2.75) is 82.3 Å². The van der Waals surface area contributed by atoms with Gasteiger partial charge in [0.15, 0.2) is 0 Å². The van der Waals surface area contributed by atoms with Crippen LogP contribution in [0.15, 0.2) is 85.1 Å². The normalized spacial score (nSPS) is 16.3. The van der Waals surface area contributed by atoms with E-state index in [1.54, 1.807) is 6.20 Å². The third-order valence-electron chi connectivity index (χ3n) is 10.5. The molecule has 1 saturated carbocycles. The number of hydrogen-bond acceptors (Lipinski definition) is 9. The fourth-order valence-corrected chi connectivity index (χ4v) is 10.6. The van der Waals surface area contributed by atoms with Crippen molar-refractivity contribution in [3.05, 3.63) is 102 Å². The molecule has 3 aromatic carbocycles. The van der Waals surface area contributed by atoms with Gasteiger partial charge < -0.3 is 40.8 Å². The molecular weight excluding hydrogens is 802 g/mol.